The molecule has 1 aromatic rings. The summed E-state index contributed by atoms with van der Waals surface area (Å²) < 4.78 is 24.7. The van der Waals surface area contributed by atoms with E-state index in [-0.39, 0.29) is 0 Å². The van der Waals surface area contributed by atoms with Crippen molar-refractivity contribution < 1.29 is 18.7 Å². The maximum Gasteiger partial charge on any atom is 0.318 e. The first-order valence-corrected chi connectivity index (χ1v) is 3.33. The Labute approximate surface area is 82.4 Å². The summed E-state index contributed by atoms with van der Waals surface area (Å²) in [5, 5.41) is 21.2. The summed E-state index contributed by atoms with van der Waals surface area (Å²) in [5.41, 5.74) is -1.54. The number of rotatable bonds is 3. The number of benzene rings is 1. The molecule has 0 saturated carbocycles. The first-order chi connectivity index (χ1) is 7.72. The van der Waals surface area contributed by atoms with Gasteiger partial charge in [0.15, 0.2) is 0 Å². The molecule has 0 aliphatic rings. The number of para-hydroxylation sites is 1. The topological polar surface area (TPSA) is 95.5 Å². The Morgan fingerprint density at radius 2 is 1.79 bits per heavy atom. The highest BCUT2D eigenvalue weighted by atomic mass is 16.6. The smallest absolute Gasteiger partial charge is 0.318 e. The van der Waals surface area contributed by atoms with Crippen molar-refractivity contribution in [3.63, 3.8) is 0 Å². The molecule has 0 aromatic heterocycles. The van der Waals surface area contributed by atoms with Crippen molar-refractivity contribution >= 4 is 11.4 Å². The summed E-state index contributed by atoms with van der Waals surface area (Å²) in [6.07, 6.45) is 0. The van der Waals surface area contributed by atoms with Crippen molar-refractivity contribution in [3.05, 3.63) is 38.4 Å². The largest absolute Gasteiger partial charge is 0.485 e. The molecular weight excluding hydrogens is 192 g/mol. The molecular formula is C7H6N2O5. The second kappa shape index (κ2) is 3.69. The van der Waals surface area contributed by atoms with E-state index in [2.05, 4.69) is 4.74 Å². The predicted octanol–water partition coefficient (Wildman–Crippen LogP) is 1.51. The van der Waals surface area contributed by atoms with Crippen molar-refractivity contribution in [2.45, 2.75) is 0 Å². The lowest BCUT2D eigenvalue weighted by atomic mass is 10.2. The Morgan fingerprint density at radius 1 is 1.29 bits per heavy atom. The molecule has 74 valence electrons. The minimum Gasteiger partial charge on any atom is -0.485 e. The van der Waals surface area contributed by atoms with Crippen LogP contribution in [0.15, 0.2) is 18.2 Å². The molecule has 7 nitrogen and oxygen atoms in total. The van der Waals surface area contributed by atoms with Gasteiger partial charge in [0.25, 0.3) is 5.75 Å². The Morgan fingerprint density at radius 3 is 2.14 bits per heavy atom. The van der Waals surface area contributed by atoms with Crippen LogP contribution >= 0.6 is 0 Å². The molecule has 14 heavy (non-hydrogen) atoms. The summed E-state index contributed by atoms with van der Waals surface area (Å²) >= 11 is 0. The summed E-state index contributed by atoms with van der Waals surface area (Å²) in [7, 11) is -3.00. The van der Waals surface area contributed by atoms with Crippen molar-refractivity contribution in [3.8, 4) is 5.75 Å². The number of nitro groups is 2. The quantitative estimate of drug-likeness (QED) is 0.545. The fourth-order valence-corrected chi connectivity index (χ4v) is 0.905. The van der Waals surface area contributed by atoms with E-state index in [0.29, 0.717) is 0 Å². The first kappa shape index (κ1) is 6.30. The molecule has 0 radical (unpaired) electrons. The molecule has 0 bridgehead atoms. The molecule has 7 heteroatoms. The molecule has 0 spiro atoms. The molecule has 0 aliphatic carbocycles. The molecule has 0 N–H and O–H groups in total. The average Bonchev–Trinajstić information content (AvgIpc) is 2.14. The first-order valence-electron chi connectivity index (χ1n) is 4.83. The van der Waals surface area contributed by atoms with Gasteiger partial charge in [-0.15, -0.1) is 0 Å². The third-order valence-electron chi connectivity index (χ3n) is 1.47. The highest BCUT2D eigenvalue weighted by molar-refractivity contribution is 5.59. The minimum atomic E-state index is -3.00. The number of methoxy groups -OCH3 is 1. The van der Waals surface area contributed by atoms with Crippen molar-refractivity contribution in [1.29, 1.82) is 0 Å². The number of hydrogen-bond acceptors (Lipinski definition) is 5. The van der Waals surface area contributed by atoms with Crippen LogP contribution in [0.4, 0.5) is 11.4 Å². The monoisotopic (exact) mass is 201 g/mol. The Bertz CT molecular complexity index is 441. The average molecular weight is 201 g/mol. The van der Waals surface area contributed by atoms with Crippen LogP contribution in [-0.4, -0.2) is 16.9 Å². The van der Waals surface area contributed by atoms with Gasteiger partial charge in [0.05, 0.1) is 21.0 Å². The third kappa shape index (κ3) is 1.60. The zero-order valence-corrected chi connectivity index (χ0v) is 6.67. The van der Waals surface area contributed by atoms with Crippen LogP contribution in [0.25, 0.3) is 0 Å². The van der Waals surface area contributed by atoms with Crippen molar-refractivity contribution in [2.24, 2.45) is 0 Å². The fourth-order valence-electron chi connectivity index (χ4n) is 0.905. The molecule has 0 saturated heterocycles. The van der Waals surface area contributed by atoms with E-state index in [1.807, 2.05) is 0 Å². The highest BCUT2D eigenvalue weighted by Crippen LogP contribution is 2.35. The Hall–Kier alpha value is -2.18. The van der Waals surface area contributed by atoms with E-state index in [0.717, 1.165) is 18.2 Å². The maximum absolute atomic E-state index is 10.6. The number of nitro benzene ring substituents is 2. The zero-order valence-electron chi connectivity index (χ0n) is 9.67. The van der Waals surface area contributed by atoms with Gasteiger partial charge in [-0.3, -0.25) is 20.2 Å². The SMILES string of the molecule is [2H]C([2H])([2H])Oc1c([N+](=O)[O-])cccc1[N+](=O)[O-]. The van der Waals surface area contributed by atoms with Crippen LogP contribution in [0.3, 0.4) is 0 Å². The summed E-state index contributed by atoms with van der Waals surface area (Å²) in [5.74, 6) is -0.873. The molecule has 0 heterocycles. The van der Waals surface area contributed by atoms with Crippen LogP contribution in [0.5, 0.6) is 5.75 Å². The zero-order chi connectivity index (χ0) is 13.2. The van der Waals surface area contributed by atoms with Crippen LogP contribution in [0.2, 0.25) is 0 Å². The number of ether oxygens (including phenoxy) is 1. The van der Waals surface area contributed by atoms with E-state index in [9.17, 15) is 20.2 Å². The van der Waals surface area contributed by atoms with E-state index in [4.69, 9.17) is 4.11 Å². The Balaban J connectivity index is 3.39. The van der Waals surface area contributed by atoms with Gasteiger partial charge in [0.2, 0.25) is 0 Å². The molecule has 0 aliphatic heterocycles. The lowest BCUT2D eigenvalue weighted by Crippen LogP contribution is -1.98. The molecule has 0 unspecified atom stereocenters. The second-order valence-corrected chi connectivity index (χ2v) is 2.24. The number of nitrogens with zero attached hydrogens (tertiary/aromatic N) is 2. The fraction of sp³-hybridized carbons (Fsp3) is 0.143. The van der Waals surface area contributed by atoms with Gasteiger partial charge < -0.3 is 4.74 Å². The molecule has 0 atom stereocenters. The second-order valence-electron chi connectivity index (χ2n) is 2.24. The molecule has 1 rings (SSSR count). The van der Waals surface area contributed by atoms with E-state index >= 15 is 0 Å². The van der Waals surface area contributed by atoms with Gasteiger partial charge in [0, 0.05) is 12.1 Å². The van der Waals surface area contributed by atoms with Gasteiger partial charge in [-0.05, 0) is 6.07 Å². The highest BCUT2D eigenvalue weighted by Gasteiger charge is 2.25. The Kier molecular flexibility index (Phi) is 1.66. The third-order valence-corrected chi connectivity index (χ3v) is 1.47. The van der Waals surface area contributed by atoms with Gasteiger partial charge >= 0.3 is 11.4 Å². The summed E-state index contributed by atoms with van der Waals surface area (Å²) in [4.78, 5) is 19.3. The van der Waals surface area contributed by atoms with Gasteiger partial charge in [0.1, 0.15) is 0 Å². The molecule has 0 amide bonds. The lowest BCUT2D eigenvalue weighted by Gasteiger charge is -2.01. The minimum absolute atomic E-state index is 0.768. The summed E-state index contributed by atoms with van der Waals surface area (Å²) in [6.45, 7) is 0. The van der Waals surface area contributed by atoms with Crippen molar-refractivity contribution in [2.75, 3.05) is 7.04 Å². The molecule has 1 aromatic carbocycles. The van der Waals surface area contributed by atoms with E-state index in [1.165, 1.54) is 0 Å². The standard InChI is InChI=1S/C7H6N2O5/c1-14-7-5(8(10)11)3-2-4-6(7)9(12)13/h2-4H,1H3/i1D3. The van der Waals surface area contributed by atoms with E-state index < -0.39 is 34.0 Å². The normalized spacial score (nSPS) is 13.6. The molecule has 0 fully saturated rings. The van der Waals surface area contributed by atoms with E-state index in [1.54, 1.807) is 0 Å². The van der Waals surface area contributed by atoms with Crippen LogP contribution in [0, 0.1) is 20.2 Å². The summed E-state index contributed by atoms with van der Waals surface area (Å²) in [6, 6.07) is 2.92. The number of hydrogen-bond donors (Lipinski definition) is 0. The van der Waals surface area contributed by atoms with Gasteiger partial charge in [-0.2, -0.15) is 0 Å². The van der Waals surface area contributed by atoms with Crippen molar-refractivity contribution in [1.82, 2.24) is 0 Å². The maximum atomic E-state index is 10.6. The van der Waals surface area contributed by atoms with Crippen LogP contribution < -0.4 is 4.74 Å². The van der Waals surface area contributed by atoms with Gasteiger partial charge in [-0.25, -0.2) is 0 Å². The van der Waals surface area contributed by atoms with Crippen LogP contribution in [0.1, 0.15) is 4.11 Å². The predicted molar refractivity (Wildman–Crippen MR) is 46.3 cm³/mol. The van der Waals surface area contributed by atoms with Gasteiger partial charge in [-0.1, -0.05) is 0 Å². The lowest BCUT2D eigenvalue weighted by molar-refractivity contribution is -0.395. The van der Waals surface area contributed by atoms with Crippen LogP contribution in [-0.2, 0) is 0 Å².